The number of rotatable bonds is 7. The maximum atomic E-state index is 11.9. The Morgan fingerprint density at radius 3 is 2.38 bits per heavy atom. The molecule has 0 amide bonds. The van der Waals surface area contributed by atoms with Gasteiger partial charge in [0.2, 0.25) is 0 Å². The van der Waals surface area contributed by atoms with Gasteiger partial charge in [-0.25, -0.2) is 4.98 Å². The average Bonchev–Trinajstić information content (AvgIpc) is 3.21. The van der Waals surface area contributed by atoms with Crippen molar-refractivity contribution in [2.75, 3.05) is 21.3 Å². The first kappa shape index (κ1) is 20.2. The van der Waals surface area contributed by atoms with Crippen molar-refractivity contribution in [2.24, 2.45) is 0 Å². The molecule has 0 saturated carbocycles. The van der Waals surface area contributed by atoms with Crippen LogP contribution in [0.3, 0.4) is 0 Å². The van der Waals surface area contributed by atoms with E-state index >= 15 is 0 Å². The first-order valence-corrected chi connectivity index (χ1v) is 9.24. The second kappa shape index (κ2) is 8.61. The minimum Gasteiger partial charge on any atom is -0.865 e. The minimum atomic E-state index is -0.750. The summed E-state index contributed by atoms with van der Waals surface area (Å²) in [6.07, 6.45) is 3.37. The fraction of sp³-hybridized carbons (Fsp3) is 0.150. The van der Waals surface area contributed by atoms with E-state index in [1.165, 1.54) is 30.6 Å². The Balaban J connectivity index is 1.88. The monoisotopic (exact) mass is 413 g/mol. The molecule has 0 aliphatic rings. The highest BCUT2D eigenvalue weighted by Gasteiger charge is 2.13. The van der Waals surface area contributed by atoms with E-state index in [1.54, 1.807) is 32.4 Å². The van der Waals surface area contributed by atoms with Crippen LogP contribution in [0.4, 0.5) is 5.69 Å². The summed E-state index contributed by atoms with van der Waals surface area (Å²) in [7, 11) is 4.43. The summed E-state index contributed by atoms with van der Waals surface area (Å²) in [5.74, 6) is 0.403. The Labute approximate surface area is 170 Å². The molecule has 29 heavy (non-hydrogen) atoms. The lowest BCUT2D eigenvalue weighted by atomic mass is 10.1. The van der Waals surface area contributed by atoms with Crippen molar-refractivity contribution in [1.29, 1.82) is 0 Å². The van der Waals surface area contributed by atoms with Crippen molar-refractivity contribution in [2.45, 2.75) is 0 Å². The summed E-state index contributed by atoms with van der Waals surface area (Å²) in [5.41, 5.74) is 1.56. The van der Waals surface area contributed by atoms with Crippen LogP contribution in [0.5, 0.6) is 23.0 Å². The number of benzene rings is 2. The van der Waals surface area contributed by atoms with Crippen LogP contribution in [0.15, 0.2) is 35.7 Å². The van der Waals surface area contributed by atoms with E-state index in [-0.39, 0.29) is 5.75 Å². The molecule has 8 nitrogen and oxygen atoms in total. The van der Waals surface area contributed by atoms with Crippen molar-refractivity contribution in [1.82, 2.24) is 4.98 Å². The zero-order valence-corrected chi connectivity index (χ0v) is 16.7. The van der Waals surface area contributed by atoms with Gasteiger partial charge in [-0.2, -0.15) is 0 Å². The third-order valence-electron chi connectivity index (χ3n) is 4.09. The van der Waals surface area contributed by atoms with E-state index in [2.05, 4.69) is 4.98 Å². The Hall–Kier alpha value is -3.59. The smallest absolute Gasteiger partial charge is 0.266 e. The molecular formula is C20H17N2O6S-. The second-order valence-electron chi connectivity index (χ2n) is 5.80. The molecule has 0 N–H and O–H groups in total. The summed E-state index contributed by atoms with van der Waals surface area (Å²) in [5, 5.41) is 25.6. The highest BCUT2D eigenvalue weighted by Crippen LogP contribution is 2.36. The average molecular weight is 413 g/mol. The highest BCUT2D eigenvalue weighted by molar-refractivity contribution is 7.10. The molecule has 0 fully saturated rings. The fourth-order valence-electron chi connectivity index (χ4n) is 2.65. The Bertz CT molecular complexity index is 1080. The SMILES string of the molecule is COc1ccc(-c2csc(/C=C/c3cc(OC)c([O-])c([N+](=O)[O-])c3)n2)cc1OC. The molecule has 9 heteroatoms. The number of nitro groups is 1. The second-order valence-corrected chi connectivity index (χ2v) is 6.69. The standard InChI is InChI=1S/C20H18N2O6S/c1-26-16-6-5-13(10-17(16)27-2)14-11-29-19(21-14)7-4-12-8-15(22(24)25)20(23)18(9-12)28-3/h4-11,23H,1-3H3/p-1/b7-4+. The zero-order chi connectivity index (χ0) is 21.0. The summed E-state index contributed by atoms with van der Waals surface area (Å²) in [4.78, 5) is 14.9. The lowest BCUT2D eigenvalue weighted by molar-refractivity contribution is -0.398. The van der Waals surface area contributed by atoms with Crippen molar-refractivity contribution in [3.63, 3.8) is 0 Å². The van der Waals surface area contributed by atoms with Gasteiger partial charge in [0, 0.05) is 22.8 Å². The van der Waals surface area contributed by atoms with Gasteiger partial charge in [-0.1, -0.05) is 6.08 Å². The molecule has 0 aliphatic heterocycles. The van der Waals surface area contributed by atoms with Gasteiger partial charge in [0.25, 0.3) is 5.69 Å². The lowest BCUT2D eigenvalue weighted by Crippen LogP contribution is -2.01. The molecule has 1 aromatic heterocycles. The number of thiazole rings is 1. The maximum absolute atomic E-state index is 11.9. The van der Waals surface area contributed by atoms with Gasteiger partial charge >= 0.3 is 0 Å². The molecule has 0 atom stereocenters. The minimum absolute atomic E-state index is 0.0796. The molecule has 0 unspecified atom stereocenters. The normalized spacial score (nSPS) is 10.9. The molecule has 0 spiro atoms. The molecule has 3 aromatic rings. The number of hydrogen-bond acceptors (Lipinski definition) is 8. The lowest BCUT2D eigenvalue weighted by Gasteiger charge is -2.13. The van der Waals surface area contributed by atoms with Crippen LogP contribution in [0.2, 0.25) is 0 Å². The van der Waals surface area contributed by atoms with E-state index in [9.17, 15) is 15.2 Å². The molecule has 0 saturated heterocycles. The van der Waals surface area contributed by atoms with Crippen LogP contribution in [0.1, 0.15) is 10.6 Å². The molecule has 150 valence electrons. The van der Waals surface area contributed by atoms with Crippen molar-refractivity contribution in [3.8, 4) is 34.3 Å². The first-order chi connectivity index (χ1) is 14.0. The maximum Gasteiger partial charge on any atom is 0.266 e. The van der Waals surface area contributed by atoms with Crippen molar-refractivity contribution >= 4 is 29.2 Å². The van der Waals surface area contributed by atoms with Gasteiger partial charge in [-0.05, 0) is 35.9 Å². The molecule has 0 radical (unpaired) electrons. The summed E-state index contributed by atoms with van der Waals surface area (Å²) >= 11 is 1.41. The van der Waals surface area contributed by atoms with E-state index < -0.39 is 16.4 Å². The number of methoxy groups -OCH3 is 3. The van der Waals surface area contributed by atoms with Crippen LogP contribution in [-0.4, -0.2) is 31.2 Å². The highest BCUT2D eigenvalue weighted by atomic mass is 32.1. The van der Waals surface area contributed by atoms with Crippen LogP contribution in [0.25, 0.3) is 23.4 Å². The first-order valence-electron chi connectivity index (χ1n) is 8.36. The number of nitro benzene ring substituents is 1. The summed E-state index contributed by atoms with van der Waals surface area (Å²) in [6, 6.07) is 8.19. The van der Waals surface area contributed by atoms with Crippen molar-refractivity contribution in [3.05, 3.63) is 56.4 Å². The third-order valence-corrected chi connectivity index (χ3v) is 4.90. The largest absolute Gasteiger partial charge is 0.865 e. The summed E-state index contributed by atoms with van der Waals surface area (Å²) < 4.78 is 15.5. The third kappa shape index (κ3) is 4.30. The quantitative estimate of drug-likeness (QED) is 0.426. The number of ether oxygens (including phenoxy) is 3. The molecular weight excluding hydrogens is 396 g/mol. The number of hydrogen-bond donors (Lipinski definition) is 0. The molecule has 1 heterocycles. The molecule has 0 bridgehead atoms. The van der Waals surface area contributed by atoms with E-state index in [0.29, 0.717) is 22.1 Å². The Morgan fingerprint density at radius 1 is 1.00 bits per heavy atom. The van der Waals surface area contributed by atoms with Gasteiger partial charge in [-0.3, -0.25) is 10.1 Å². The predicted octanol–water partition coefficient (Wildman–Crippen LogP) is 3.99. The predicted molar refractivity (Wildman–Crippen MR) is 109 cm³/mol. The van der Waals surface area contributed by atoms with Gasteiger partial charge < -0.3 is 19.3 Å². The van der Waals surface area contributed by atoms with Crippen LogP contribution < -0.4 is 19.3 Å². The Kier molecular flexibility index (Phi) is 5.99. The fourth-order valence-corrected chi connectivity index (χ4v) is 3.37. The van der Waals surface area contributed by atoms with Gasteiger partial charge in [0.15, 0.2) is 11.5 Å². The number of aromatic nitrogens is 1. The van der Waals surface area contributed by atoms with Crippen LogP contribution >= 0.6 is 11.3 Å². The zero-order valence-electron chi connectivity index (χ0n) is 15.9. The van der Waals surface area contributed by atoms with E-state index in [0.717, 1.165) is 11.3 Å². The molecule has 2 aromatic carbocycles. The number of nitrogens with zero attached hydrogens (tertiary/aromatic N) is 2. The van der Waals surface area contributed by atoms with E-state index in [4.69, 9.17) is 14.2 Å². The van der Waals surface area contributed by atoms with Gasteiger partial charge in [0.1, 0.15) is 10.8 Å². The summed E-state index contributed by atoms with van der Waals surface area (Å²) in [6.45, 7) is 0. The van der Waals surface area contributed by atoms with Crippen molar-refractivity contribution < 1.29 is 24.2 Å². The van der Waals surface area contributed by atoms with E-state index in [1.807, 2.05) is 17.5 Å². The van der Waals surface area contributed by atoms with Crippen LogP contribution in [0, 0.1) is 10.1 Å². The molecule has 0 aliphatic carbocycles. The topological polar surface area (TPSA) is 107 Å². The van der Waals surface area contributed by atoms with Crippen LogP contribution in [-0.2, 0) is 0 Å². The van der Waals surface area contributed by atoms with Gasteiger partial charge in [-0.15, -0.1) is 11.3 Å². The van der Waals surface area contributed by atoms with Gasteiger partial charge in [0.05, 0.1) is 31.9 Å². The Morgan fingerprint density at radius 2 is 1.72 bits per heavy atom. The molecule has 3 rings (SSSR count).